The van der Waals surface area contributed by atoms with Crippen LogP contribution < -0.4 is 5.73 Å². The van der Waals surface area contributed by atoms with Crippen molar-refractivity contribution < 1.29 is 52.0 Å². The van der Waals surface area contributed by atoms with Gasteiger partial charge in [0.2, 0.25) is 5.91 Å². The van der Waals surface area contributed by atoms with E-state index in [-0.39, 0.29) is 18.6 Å². The van der Waals surface area contributed by atoms with E-state index >= 15 is 0 Å². The summed E-state index contributed by atoms with van der Waals surface area (Å²) < 4.78 is 41.5. The molecule has 0 spiro atoms. The average Bonchev–Trinajstić information content (AvgIpc) is 2.87. The van der Waals surface area contributed by atoms with Gasteiger partial charge in [0, 0.05) is 18.0 Å². The number of carbonyl (C=O) groups excluding carboxylic acids is 1. The number of aliphatic hydroxyl groups excluding tert-OH is 2. The summed E-state index contributed by atoms with van der Waals surface area (Å²) in [6.45, 7) is 0.363. The van der Waals surface area contributed by atoms with E-state index in [1.807, 2.05) is 0 Å². The van der Waals surface area contributed by atoms with Gasteiger partial charge in [-0.15, -0.1) is 0 Å². The van der Waals surface area contributed by atoms with Crippen LogP contribution in [0.15, 0.2) is 24.0 Å². The van der Waals surface area contributed by atoms with Crippen molar-refractivity contribution in [3.63, 3.8) is 0 Å². The molecular formula is C13H22N2O11P2. The van der Waals surface area contributed by atoms with Crippen LogP contribution in [0.3, 0.4) is 0 Å². The molecule has 0 radical (unpaired) electrons. The normalized spacial score (nSPS) is 31.9. The zero-order valence-electron chi connectivity index (χ0n) is 14.7. The second kappa shape index (κ2) is 9.14. The number of ether oxygens (including phenoxy) is 1. The van der Waals surface area contributed by atoms with E-state index in [2.05, 4.69) is 13.4 Å². The fourth-order valence-corrected chi connectivity index (χ4v) is 4.60. The summed E-state index contributed by atoms with van der Waals surface area (Å²) in [4.78, 5) is 31.4. The minimum atomic E-state index is -5.03. The van der Waals surface area contributed by atoms with E-state index in [1.165, 1.54) is 24.2 Å². The number of hydrogen-bond donors (Lipinski definition) is 5. The Morgan fingerprint density at radius 3 is 2.54 bits per heavy atom. The Balaban J connectivity index is 2.00. The number of amides is 1. The summed E-state index contributed by atoms with van der Waals surface area (Å²) in [5, 5.41) is 20.3. The highest BCUT2D eigenvalue weighted by molar-refractivity contribution is 7.61. The molecule has 1 fully saturated rings. The van der Waals surface area contributed by atoms with Gasteiger partial charge < -0.3 is 35.4 Å². The second-order valence-corrected chi connectivity index (χ2v) is 8.88. The van der Waals surface area contributed by atoms with E-state index in [9.17, 15) is 33.9 Å². The molecule has 2 heterocycles. The van der Waals surface area contributed by atoms with E-state index in [0.717, 1.165) is 0 Å². The first kappa shape index (κ1) is 23.2. The molecule has 0 aromatic rings. The van der Waals surface area contributed by atoms with Gasteiger partial charge in [0.15, 0.2) is 6.23 Å². The third kappa shape index (κ3) is 5.94. The molecule has 6 atom stereocenters. The Morgan fingerprint density at radius 1 is 1.29 bits per heavy atom. The Labute approximate surface area is 160 Å². The molecule has 2 aliphatic rings. The standard InChI is InChI=1S/C13H22N2O11P2/c1-2-23-27(19,20)26-28(21,22)24-7-9-10(16)11(17)13(25-9)15-5-3-4-8(6-15)12(14)18/h3,5-6,9-11,13,16-17H,2,4,7H2,1H3,(H2,14,18)(H,19,20)(H,21,22)/t9-,10-,11-,13-/m1/s1. The van der Waals surface area contributed by atoms with Gasteiger partial charge in [-0.1, -0.05) is 6.08 Å². The summed E-state index contributed by atoms with van der Waals surface area (Å²) in [7, 11) is -9.84. The van der Waals surface area contributed by atoms with E-state index in [0.29, 0.717) is 0 Å². The molecule has 160 valence electrons. The molecule has 15 heteroatoms. The highest BCUT2D eigenvalue weighted by atomic mass is 31.3. The fraction of sp³-hybridized carbons (Fsp3) is 0.615. The zero-order chi connectivity index (χ0) is 21.1. The number of rotatable bonds is 9. The molecule has 13 nitrogen and oxygen atoms in total. The van der Waals surface area contributed by atoms with Gasteiger partial charge in [-0.2, -0.15) is 4.31 Å². The Bertz CT molecular complexity index is 742. The topological polar surface area (TPSA) is 198 Å². The van der Waals surface area contributed by atoms with Gasteiger partial charge in [-0.25, -0.2) is 9.13 Å². The number of phosphoric acid groups is 2. The number of allylic oxidation sites excluding steroid dienone is 1. The summed E-state index contributed by atoms with van der Waals surface area (Å²) in [6, 6.07) is 0. The number of nitrogens with zero attached hydrogens (tertiary/aromatic N) is 1. The molecular weight excluding hydrogens is 422 g/mol. The van der Waals surface area contributed by atoms with Crippen LogP contribution in [-0.2, 0) is 32.0 Å². The van der Waals surface area contributed by atoms with Gasteiger partial charge in [-0.05, 0) is 13.3 Å². The molecule has 2 aliphatic heterocycles. The number of nitrogens with two attached hydrogens (primary N) is 1. The summed E-state index contributed by atoms with van der Waals surface area (Å²) in [6.07, 6.45) is -0.691. The molecule has 0 aromatic carbocycles. The first-order valence-electron chi connectivity index (χ1n) is 8.08. The first-order valence-corrected chi connectivity index (χ1v) is 11.1. The molecule has 2 unspecified atom stereocenters. The monoisotopic (exact) mass is 444 g/mol. The van der Waals surface area contributed by atoms with Crippen molar-refractivity contribution in [2.75, 3.05) is 13.2 Å². The fourth-order valence-electron chi connectivity index (χ4n) is 2.52. The van der Waals surface area contributed by atoms with Crippen molar-refractivity contribution in [3.05, 3.63) is 24.0 Å². The van der Waals surface area contributed by atoms with Crippen molar-refractivity contribution in [3.8, 4) is 0 Å². The Kier molecular flexibility index (Phi) is 7.56. The summed E-state index contributed by atoms with van der Waals surface area (Å²) in [5.74, 6) is -0.664. The Hall–Kier alpha value is -1.11. The molecule has 0 aromatic heterocycles. The highest BCUT2D eigenvalue weighted by Gasteiger charge is 2.46. The lowest BCUT2D eigenvalue weighted by Crippen LogP contribution is -2.40. The van der Waals surface area contributed by atoms with Crippen LogP contribution in [0, 0.1) is 0 Å². The van der Waals surface area contributed by atoms with E-state index < -0.39 is 52.7 Å². The first-order chi connectivity index (χ1) is 13.0. The van der Waals surface area contributed by atoms with Gasteiger partial charge >= 0.3 is 15.6 Å². The van der Waals surface area contributed by atoms with Crippen LogP contribution in [0.5, 0.6) is 0 Å². The highest BCUT2D eigenvalue weighted by Crippen LogP contribution is 2.60. The lowest BCUT2D eigenvalue weighted by Gasteiger charge is -2.28. The van der Waals surface area contributed by atoms with Crippen molar-refractivity contribution in [2.45, 2.75) is 37.9 Å². The number of primary amides is 1. The lowest BCUT2D eigenvalue weighted by molar-refractivity contribution is -0.115. The number of hydrogen-bond acceptors (Lipinski definition) is 10. The molecule has 0 saturated carbocycles. The Morgan fingerprint density at radius 2 is 1.93 bits per heavy atom. The number of carbonyl (C=O) groups is 1. The molecule has 28 heavy (non-hydrogen) atoms. The maximum atomic E-state index is 11.8. The van der Waals surface area contributed by atoms with E-state index in [4.69, 9.17) is 10.5 Å². The maximum Gasteiger partial charge on any atom is 0.481 e. The number of phosphoric ester groups is 2. The van der Waals surface area contributed by atoms with Gasteiger partial charge in [0.1, 0.15) is 18.3 Å². The molecule has 0 aliphatic carbocycles. The average molecular weight is 444 g/mol. The van der Waals surface area contributed by atoms with Crippen LogP contribution in [0.4, 0.5) is 0 Å². The quantitative estimate of drug-likeness (QED) is 0.280. The van der Waals surface area contributed by atoms with Gasteiger partial charge in [-0.3, -0.25) is 13.8 Å². The van der Waals surface area contributed by atoms with Crippen LogP contribution in [-0.4, -0.2) is 68.6 Å². The smallest absolute Gasteiger partial charge is 0.387 e. The maximum absolute atomic E-state index is 11.8. The van der Waals surface area contributed by atoms with Crippen molar-refractivity contribution >= 4 is 21.6 Å². The zero-order valence-corrected chi connectivity index (χ0v) is 16.5. The van der Waals surface area contributed by atoms with Gasteiger partial charge in [0.05, 0.1) is 13.2 Å². The van der Waals surface area contributed by atoms with Crippen LogP contribution in [0.2, 0.25) is 0 Å². The predicted octanol–water partition coefficient (Wildman–Crippen LogP) is -0.708. The molecule has 6 N–H and O–H groups in total. The second-order valence-electron chi connectivity index (χ2n) is 5.83. The third-order valence-electron chi connectivity index (χ3n) is 3.77. The van der Waals surface area contributed by atoms with Crippen LogP contribution >= 0.6 is 15.6 Å². The minimum absolute atomic E-state index is 0.246. The number of aliphatic hydroxyl groups is 2. The molecule has 1 saturated heterocycles. The van der Waals surface area contributed by atoms with Crippen molar-refractivity contribution in [1.29, 1.82) is 0 Å². The molecule has 0 bridgehead atoms. The van der Waals surface area contributed by atoms with E-state index in [1.54, 1.807) is 6.08 Å². The predicted molar refractivity (Wildman–Crippen MR) is 91.9 cm³/mol. The summed E-state index contributed by atoms with van der Waals surface area (Å²) in [5.41, 5.74) is 5.46. The van der Waals surface area contributed by atoms with Crippen molar-refractivity contribution in [1.82, 2.24) is 4.90 Å². The SMILES string of the molecule is CCOP(=O)(O)OP(=O)(O)OC[C@H]1O[C@@H](N2C=CCC(C(N)=O)=C2)[C@H](O)[C@@H]1O. The minimum Gasteiger partial charge on any atom is -0.387 e. The molecule has 2 rings (SSSR count). The van der Waals surface area contributed by atoms with Crippen LogP contribution in [0.1, 0.15) is 13.3 Å². The van der Waals surface area contributed by atoms with Crippen molar-refractivity contribution in [2.24, 2.45) is 5.73 Å². The largest absolute Gasteiger partial charge is 0.481 e. The summed E-state index contributed by atoms with van der Waals surface area (Å²) >= 11 is 0. The van der Waals surface area contributed by atoms with Crippen LogP contribution in [0.25, 0.3) is 0 Å². The third-order valence-corrected chi connectivity index (χ3v) is 6.48. The van der Waals surface area contributed by atoms with Gasteiger partial charge in [0.25, 0.3) is 0 Å². The molecule has 1 amide bonds. The lowest BCUT2D eigenvalue weighted by atomic mass is 10.1.